The monoisotopic (exact) mass is 214 g/mol. The fraction of sp³-hybridized carbons (Fsp3) is 1.00. The standard InChI is InChI=1S/C13H30N2/c1-6-12(5)14-10-11-15-13(7-2,8-3)9-4/h12,14-15H,6-11H2,1-5H3. The number of hydrogen-bond acceptors (Lipinski definition) is 2. The van der Waals surface area contributed by atoms with Crippen LogP contribution in [-0.2, 0) is 0 Å². The molecular formula is C13H30N2. The topological polar surface area (TPSA) is 24.1 Å². The summed E-state index contributed by atoms with van der Waals surface area (Å²) in [5, 5.41) is 7.21. The number of rotatable bonds is 9. The fourth-order valence-corrected chi connectivity index (χ4v) is 1.92. The molecule has 0 aromatic rings. The molecule has 0 spiro atoms. The molecule has 0 aromatic carbocycles. The van der Waals surface area contributed by atoms with Crippen LogP contribution in [-0.4, -0.2) is 24.7 Å². The zero-order valence-electron chi connectivity index (χ0n) is 11.3. The average molecular weight is 214 g/mol. The Kier molecular flexibility index (Phi) is 8.07. The molecule has 0 amide bonds. The minimum Gasteiger partial charge on any atom is -0.313 e. The highest BCUT2D eigenvalue weighted by molar-refractivity contribution is 4.83. The first-order valence-electron chi connectivity index (χ1n) is 6.62. The van der Waals surface area contributed by atoms with E-state index in [9.17, 15) is 0 Å². The third kappa shape index (κ3) is 5.53. The first-order valence-corrected chi connectivity index (χ1v) is 6.62. The lowest BCUT2D eigenvalue weighted by Gasteiger charge is -2.32. The van der Waals surface area contributed by atoms with E-state index in [1.165, 1.54) is 25.7 Å². The maximum Gasteiger partial charge on any atom is 0.0174 e. The van der Waals surface area contributed by atoms with Crippen molar-refractivity contribution in [2.75, 3.05) is 13.1 Å². The van der Waals surface area contributed by atoms with Crippen LogP contribution in [0.1, 0.15) is 60.3 Å². The molecule has 2 heteroatoms. The van der Waals surface area contributed by atoms with Crippen molar-refractivity contribution in [3.05, 3.63) is 0 Å². The lowest BCUT2D eigenvalue weighted by atomic mass is 9.90. The molecule has 0 aliphatic carbocycles. The number of nitrogens with one attached hydrogen (secondary N) is 2. The summed E-state index contributed by atoms with van der Waals surface area (Å²) in [5.74, 6) is 0. The maximum atomic E-state index is 3.70. The van der Waals surface area contributed by atoms with E-state index in [1.807, 2.05) is 0 Å². The van der Waals surface area contributed by atoms with Crippen molar-refractivity contribution < 1.29 is 0 Å². The molecule has 0 fully saturated rings. The largest absolute Gasteiger partial charge is 0.313 e. The molecule has 0 aromatic heterocycles. The summed E-state index contributed by atoms with van der Waals surface area (Å²) in [6.07, 6.45) is 4.89. The Morgan fingerprint density at radius 3 is 1.87 bits per heavy atom. The second kappa shape index (κ2) is 8.12. The third-order valence-electron chi connectivity index (χ3n) is 3.76. The summed E-state index contributed by atoms with van der Waals surface area (Å²) >= 11 is 0. The van der Waals surface area contributed by atoms with Gasteiger partial charge < -0.3 is 10.6 Å². The summed E-state index contributed by atoms with van der Waals surface area (Å²) in [6, 6.07) is 0.645. The van der Waals surface area contributed by atoms with Crippen molar-refractivity contribution in [3.8, 4) is 0 Å². The van der Waals surface area contributed by atoms with Gasteiger partial charge in [0.05, 0.1) is 0 Å². The van der Waals surface area contributed by atoms with E-state index in [0.29, 0.717) is 11.6 Å². The minimum absolute atomic E-state index is 0.372. The van der Waals surface area contributed by atoms with E-state index < -0.39 is 0 Å². The predicted octanol–water partition coefficient (Wildman–Crippen LogP) is 2.93. The predicted molar refractivity (Wildman–Crippen MR) is 69.4 cm³/mol. The molecule has 0 radical (unpaired) electrons. The highest BCUT2D eigenvalue weighted by Crippen LogP contribution is 2.18. The van der Waals surface area contributed by atoms with Gasteiger partial charge in [-0.25, -0.2) is 0 Å². The molecule has 0 bridgehead atoms. The van der Waals surface area contributed by atoms with Crippen LogP contribution >= 0.6 is 0 Å². The van der Waals surface area contributed by atoms with E-state index >= 15 is 0 Å². The highest BCUT2D eigenvalue weighted by atomic mass is 15.0. The highest BCUT2D eigenvalue weighted by Gasteiger charge is 2.21. The van der Waals surface area contributed by atoms with Gasteiger partial charge in [-0.1, -0.05) is 27.7 Å². The molecule has 0 aliphatic rings. The van der Waals surface area contributed by atoms with Gasteiger partial charge in [-0.15, -0.1) is 0 Å². The summed E-state index contributed by atoms with van der Waals surface area (Å²) < 4.78 is 0. The second-order valence-electron chi connectivity index (χ2n) is 4.53. The summed E-state index contributed by atoms with van der Waals surface area (Å²) in [5.41, 5.74) is 0.372. The molecule has 15 heavy (non-hydrogen) atoms. The van der Waals surface area contributed by atoms with Gasteiger partial charge in [0.15, 0.2) is 0 Å². The average Bonchev–Trinajstić information content (AvgIpc) is 2.30. The first-order chi connectivity index (χ1) is 7.14. The van der Waals surface area contributed by atoms with Crippen LogP contribution in [0.2, 0.25) is 0 Å². The van der Waals surface area contributed by atoms with Crippen molar-refractivity contribution in [1.82, 2.24) is 10.6 Å². The van der Waals surface area contributed by atoms with Crippen molar-refractivity contribution in [3.63, 3.8) is 0 Å². The zero-order chi connectivity index (χ0) is 11.7. The lowest BCUT2D eigenvalue weighted by Crippen LogP contribution is -2.47. The van der Waals surface area contributed by atoms with E-state index in [-0.39, 0.29) is 0 Å². The van der Waals surface area contributed by atoms with Gasteiger partial charge in [0.25, 0.3) is 0 Å². The van der Waals surface area contributed by atoms with E-state index in [1.54, 1.807) is 0 Å². The second-order valence-corrected chi connectivity index (χ2v) is 4.53. The summed E-state index contributed by atoms with van der Waals surface area (Å²) in [6.45, 7) is 13.5. The Balaban J connectivity index is 3.72. The van der Waals surface area contributed by atoms with E-state index in [0.717, 1.165) is 13.1 Å². The van der Waals surface area contributed by atoms with Crippen LogP contribution in [0.5, 0.6) is 0 Å². The van der Waals surface area contributed by atoms with Gasteiger partial charge in [-0.2, -0.15) is 0 Å². The van der Waals surface area contributed by atoms with Gasteiger partial charge in [-0.05, 0) is 32.6 Å². The zero-order valence-corrected chi connectivity index (χ0v) is 11.3. The first kappa shape index (κ1) is 14.9. The Morgan fingerprint density at radius 1 is 0.933 bits per heavy atom. The molecule has 0 saturated carbocycles. The molecule has 1 unspecified atom stereocenters. The van der Waals surface area contributed by atoms with Crippen LogP contribution in [0.4, 0.5) is 0 Å². The van der Waals surface area contributed by atoms with Gasteiger partial charge in [-0.3, -0.25) is 0 Å². The normalized spacial score (nSPS) is 14.2. The van der Waals surface area contributed by atoms with E-state index in [4.69, 9.17) is 0 Å². The SMILES string of the molecule is CCC(C)NCCNC(CC)(CC)CC. The van der Waals surface area contributed by atoms with Crippen molar-refractivity contribution in [2.45, 2.75) is 71.9 Å². The summed E-state index contributed by atoms with van der Waals surface area (Å²) in [7, 11) is 0. The molecule has 92 valence electrons. The van der Waals surface area contributed by atoms with Crippen molar-refractivity contribution in [1.29, 1.82) is 0 Å². The Labute approximate surface area is 96.2 Å². The molecule has 0 rings (SSSR count). The van der Waals surface area contributed by atoms with Crippen LogP contribution in [0, 0.1) is 0 Å². The molecular weight excluding hydrogens is 184 g/mol. The van der Waals surface area contributed by atoms with Crippen LogP contribution in [0.15, 0.2) is 0 Å². The molecule has 0 heterocycles. The lowest BCUT2D eigenvalue weighted by molar-refractivity contribution is 0.289. The molecule has 2 N–H and O–H groups in total. The Hall–Kier alpha value is -0.0800. The number of hydrogen-bond donors (Lipinski definition) is 2. The van der Waals surface area contributed by atoms with E-state index in [2.05, 4.69) is 45.3 Å². The van der Waals surface area contributed by atoms with Gasteiger partial charge >= 0.3 is 0 Å². The third-order valence-corrected chi connectivity index (χ3v) is 3.76. The van der Waals surface area contributed by atoms with Crippen LogP contribution in [0.25, 0.3) is 0 Å². The maximum absolute atomic E-state index is 3.70. The minimum atomic E-state index is 0.372. The Bertz CT molecular complexity index is 133. The molecule has 0 aliphatic heterocycles. The van der Waals surface area contributed by atoms with Gasteiger partial charge in [0.2, 0.25) is 0 Å². The van der Waals surface area contributed by atoms with Gasteiger partial charge in [0.1, 0.15) is 0 Å². The smallest absolute Gasteiger partial charge is 0.0174 e. The van der Waals surface area contributed by atoms with Gasteiger partial charge in [0, 0.05) is 24.7 Å². The van der Waals surface area contributed by atoms with Crippen LogP contribution < -0.4 is 10.6 Å². The summed E-state index contributed by atoms with van der Waals surface area (Å²) in [4.78, 5) is 0. The van der Waals surface area contributed by atoms with Crippen molar-refractivity contribution >= 4 is 0 Å². The quantitative estimate of drug-likeness (QED) is 0.577. The molecule has 2 nitrogen and oxygen atoms in total. The fourth-order valence-electron chi connectivity index (χ4n) is 1.92. The van der Waals surface area contributed by atoms with Crippen LogP contribution in [0.3, 0.4) is 0 Å². The van der Waals surface area contributed by atoms with Crippen molar-refractivity contribution in [2.24, 2.45) is 0 Å². The Morgan fingerprint density at radius 2 is 1.47 bits per heavy atom. The molecule has 0 saturated heterocycles. The molecule has 1 atom stereocenters.